The molecule has 0 aromatic carbocycles. The second-order valence-electron chi connectivity index (χ2n) is 6.93. The summed E-state index contributed by atoms with van der Waals surface area (Å²) >= 11 is 0. The number of hydrogen-bond acceptors (Lipinski definition) is 2. The summed E-state index contributed by atoms with van der Waals surface area (Å²) in [7, 11) is 0. The van der Waals surface area contributed by atoms with Crippen molar-refractivity contribution in [1.82, 2.24) is 10.2 Å². The molecule has 0 spiro atoms. The molecule has 2 aliphatic rings. The van der Waals surface area contributed by atoms with E-state index in [-0.39, 0.29) is 23.9 Å². The molecular weight excluding hydrogens is 252 g/mol. The molecule has 2 amide bonds. The van der Waals surface area contributed by atoms with Gasteiger partial charge < -0.3 is 10.2 Å². The fraction of sp³-hybridized carbons (Fsp3) is 0.875. The molecule has 2 fully saturated rings. The highest BCUT2D eigenvalue weighted by molar-refractivity contribution is 5.99. The Balaban J connectivity index is 2.28. The van der Waals surface area contributed by atoms with Crippen LogP contribution in [0.4, 0.5) is 0 Å². The van der Waals surface area contributed by atoms with Crippen LogP contribution < -0.4 is 5.32 Å². The van der Waals surface area contributed by atoms with E-state index in [1.54, 1.807) is 0 Å². The van der Waals surface area contributed by atoms with Crippen LogP contribution in [0, 0.1) is 5.92 Å². The van der Waals surface area contributed by atoms with Gasteiger partial charge in [-0.15, -0.1) is 0 Å². The number of hydrogen-bond donors (Lipinski definition) is 1. The Bertz CT molecular complexity index is 388. The minimum atomic E-state index is -0.667. The highest BCUT2D eigenvalue weighted by atomic mass is 16.2. The molecule has 1 saturated carbocycles. The highest BCUT2D eigenvalue weighted by Gasteiger charge is 2.51. The number of rotatable bonds is 4. The van der Waals surface area contributed by atoms with Crippen molar-refractivity contribution in [1.29, 1.82) is 0 Å². The Morgan fingerprint density at radius 1 is 1.30 bits per heavy atom. The van der Waals surface area contributed by atoms with Crippen LogP contribution in [0.15, 0.2) is 0 Å². The van der Waals surface area contributed by atoms with Crippen LogP contribution in [-0.2, 0) is 9.59 Å². The zero-order valence-electron chi connectivity index (χ0n) is 13.2. The Hall–Kier alpha value is -1.06. The number of nitrogens with one attached hydrogen (secondary N) is 1. The maximum absolute atomic E-state index is 12.9. The largest absolute Gasteiger partial charge is 0.342 e. The van der Waals surface area contributed by atoms with Crippen molar-refractivity contribution in [3.63, 3.8) is 0 Å². The molecule has 1 aliphatic heterocycles. The molecule has 1 N–H and O–H groups in total. The van der Waals surface area contributed by atoms with Gasteiger partial charge >= 0.3 is 0 Å². The number of amides is 2. The van der Waals surface area contributed by atoms with Crippen molar-refractivity contribution >= 4 is 11.8 Å². The summed E-state index contributed by atoms with van der Waals surface area (Å²) in [5.74, 6) is 0.562. The van der Waals surface area contributed by atoms with Gasteiger partial charge in [-0.2, -0.15) is 0 Å². The third kappa shape index (κ3) is 2.57. The molecule has 1 saturated heterocycles. The monoisotopic (exact) mass is 280 g/mol. The van der Waals surface area contributed by atoms with E-state index in [0.29, 0.717) is 12.3 Å². The van der Waals surface area contributed by atoms with Gasteiger partial charge in [0.05, 0.1) is 0 Å². The molecule has 2 atom stereocenters. The van der Waals surface area contributed by atoms with Crippen molar-refractivity contribution in [2.75, 3.05) is 0 Å². The fourth-order valence-corrected chi connectivity index (χ4v) is 3.60. The molecule has 114 valence electrons. The van der Waals surface area contributed by atoms with Crippen LogP contribution in [0.3, 0.4) is 0 Å². The van der Waals surface area contributed by atoms with Crippen LogP contribution in [0.25, 0.3) is 0 Å². The minimum Gasteiger partial charge on any atom is -0.342 e. The van der Waals surface area contributed by atoms with Crippen LogP contribution in [0.2, 0.25) is 0 Å². The van der Waals surface area contributed by atoms with Gasteiger partial charge in [-0.05, 0) is 38.5 Å². The zero-order chi connectivity index (χ0) is 14.9. The first kappa shape index (κ1) is 15.3. The molecule has 0 aromatic rings. The predicted molar refractivity (Wildman–Crippen MR) is 79.2 cm³/mol. The molecule has 1 aliphatic carbocycles. The van der Waals surface area contributed by atoms with Gasteiger partial charge in [-0.25, -0.2) is 0 Å². The van der Waals surface area contributed by atoms with E-state index in [1.807, 2.05) is 18.7 Å². The molecule has 4 nitrogen and oxygen atoms in total. The van der Waals surface area contributed by atoms with E-state index in [1.165, 1.54) is 12.8 Å². The van der Waals surface area contributed by atoms with Crippen LogP contribution >= 0.6 is 0 Å². The molecular formula is C16H28N2O2. The van der Waals surface area contributed by atoms with E-state index < -0.39 is 5.54 Å². The smallest absolute Gasteiger partial charge is 0.246 e. The Kier molecular flexibility index (Phi) is 4.40. The summed E-state index contributed by atoms with van der Waals surface area (Å²) in [6.07, 6.45) is 5.84. The maximum atomic E-state index is 12.9. The lowest BCUT2D eigenvalue weighted by molar-refractivity contribution is -0.160. The maximum Gasteiger partial charge on any atom is 0.246 e. The zero-order valence-corrected chi connectivity index (χ0v) is 13.2. The van der Waals surface area contributed by atoms with E-state index >= 15 is 0 Å². The van der Waals surface area contributed by atoms with Crippen molar-refractivity contribution in [2.24, 2.45) is 5.92 Å². The molecule has 0 radical (unpaired) electrons. The predicted octanol–water partition coefficient (Wildman–Crippen LogP) is 2.47. The van der Waals surface area contributed by atoms with Gasteiger partial charge in [0.1, 0.15) is 11.6 Å². The number of carbonyl (C=O) groups is 2. The lowest BCUT2D eigenvalue weighted by Crippen LogP contribution is -2.71. The summed E-state index contributed by atoms with van der Waals surface area (Å²) in [6.45, 7) is 8.10. The standard InChI is InChI=1S/C16H28N2O2/c1-5-16(4)15(20)17-13(10-11(2)3)14(19)18(16)12-8-6-7-9-12/h11-13H,5-10H2,1-4H3,(H,17,20). The molecule has 4 heteroatoms. The van der Waals surface area contributed by atoms with Crippen LogP contribution in [0.1, 0.15) is 66.2 Å². The molecule has 1 heterocycles. The second kappa shape index (κ2) is 5.74. The Labute approximate surface area is 122 Å². The van der Waals surface area contributed by atoms with Crippen molar-refractivity contribution in [3.8, 4) is 0 Å². The average molecular weight is 280 g/mol. The van der Waals surface area contributed by atoms with E-state index in [2.05, 4.69) is 19.2 Å². The topological polar surface area (TPSA) is 49.4 Å². The highest BCUT2D eigenvalue weighted by Crippen LogP contribution is 2.35. The summed E-state index contributed by atoms with van der Waals surface area (Å²) in [4.78, 5) is 27.4. The number of carbonyl (C=O) groups excluding carboxylic acids is 2. The SMILES string of the molecule is CCC1(C)C(=O)NC(CC(C)C)C(=O)N1C1CCCC1. The van der Waals surface area contributed by atoms with Crippen LogP contribution in [-0.4, -0.2) is 34.3 Å². The second-order valence-corrected chi connectivity index (χ2v) is 6.93. The first-order valence-corrected chi connectivity index (χ1v) is 8.04. The lowest BCUT2D eigenvalue weighted by atomic mass is 9.86. The van der Waals surface area contributed by atoms with E-state index in [4.69, 9.17) is 0 Å². The third-order valence-corrected chi connectivity index (χ3v) is 4.95. The summed E-state index contributed by atoms with van der Waals surface area (Å²) in [6, 6.07) is -0.0733. The Morgan fingerprint density at radius 2 is 1.90 bits per heavy atom. The molecule has 20 heavy (non-hydrogen) atoms. The van der Waals surface area contributed by atoms with Gasteiger partial charge in [0.2, 0.25) is 11.8 Å². The summed E-state index contributed by atoms with van der Waals surface area (Å²) in [5, 5.41) is 2.96. The van der Waals surface area contributed by atoms with Crippen LogP contribution in [0.5, 0.6) is 0 Å². The number of nitrogens with zero attached hydrogens (tertiary/aromatic N) is 1. The quantitative estimate of drug-likeness (QED) is 0.860. The minimum absolute atomic E-state index is 0.0251. The van der Waals surface area contributed by atoms with Crippen molar-refractivity contribution < 1.29 is 9.59 Å². The summed E-state index contributed by atoms with van der Waals surface area (Å²) < 4.78 is 0. The third-order valence-electron chi connectivity index (χ3n) is 4.95. The average Bonchev–Trinajstić information content (AvgIpc) is 2.89. The van der Waals surface area contributed by atoms with Gasteiger partial charge in [-0.1, -0.05) is 33.6 Å². The molecule has 0 aromatic heterocycles. The first-order chi connectivity index (χ1) is 9.40. The van der Waals surface area contributed by atoms with Gasteiger partial charge in [0.25, 0.3) is 0 Å². The first-order valence-electron chi connectivity index (χ1n) is 8.04. The molecule has 2 unspecified atom stereocenters. The number of piperazine rings is 1. The summed E-state index contributed by atoms with van der Waals surface area (Å²) in [5.41, 5.74) is -0.667. The molecule has 0 bridgehead atoms. The van der Waals surface area contributed by atoms with Crippen molar-refractivity contribution in [3.05, 3.63) is 0 Å². The van der Waals surface area contributed by atoms with Gasteiger partial charge in [-0.3, -0.25) is 9.59 Å². The lowest BCUT2D eigenvalue weighted by Gasteiger charge is -2.49. The molecule has 2 rings (SSSR count). The van der Waals surface area contributed by atoms with E-state index in [9.17, 15) is 9.59 Å². The fourth-order valence-electron chi connectivity index (χ4n) is 3.60. The van der Waals surface area contributed by atoms with E-state index in [0.717, 1.165) is 19.3 Å². The normalized spacial score (nSPS) is 32.0. The van der Waals surface area contributed by atoms with Crippen molar-refractivity contribution in [2.45, 2.75) is 83.8 Å². The van der Waals surface area contributed by atoms with Gasteiger partial charge in [0, 0.05) is 6.04 Å². The van der Waals surface area contributed by atoms with Gasteiger partial charge in [0.15, 0.2) is 0 Å². The Morgan fingerprint density at radius 3 is 2.40 bits per heavy atom.